The first kappa shape index (κ1) is 25.6. The summed E-state index contributed by atoms with van der Waals surface area (Å²) in [4.78, 5) is 0. The lowest BCUT2D eigenvalue weighted by Gasteiger charge is -2.41. The van der Waals surface area contributed by atoms with Crippen LogP contribution in [-0.2, 0) is 9.47 Å². The summed E-state index contributed by atoms with van der Waals surface area (Å²) in [5.74, 6) is -18.1. The monoisotopic (exact) mass is 472 g/mol. The zero-order chi connectivity index (χ0) is 23.5. The number of rotatable bonds is 4. The minimum Gasteiger partial charge on any atom is -0.319 e. The number of ether oxygens (including phenoxy) is 2. The van der Waals surface area contributed by atoms with Crippen LogP contribution in [0.25, 0.3) is 0 Å². The van der Waals surface area contributed by atoms with Crippen molar-refractivity contribution in [3.05, 3.63) is 12.2 Å². The van der Waals surface area contributed by atoms with Crippen LogP contribution in [0, 0.1) is 0 Å². The third kappa shape index (κ3) is 4.83. The second kappa shape index (κ2) is 6.78. The topological polar surface area (TPSA) is 18.5 Å². The maximum absolute atomic E-state index is 13.8. The van der Waals surface area contributed by atoms with Gasteiger partial charge in [-0.1, -0.05) is 0 Å². The molecule has 0 atom stereocenters. The molecular formula is C11H4F16O2. The third-order valence-corrected chi connectivity index (χ3v) is 3.14. The van der Waals surface area contributed by atoms with Crippen molar-refractivity contribution in [2.24, 2.45) is 0 Å². The van der Waals surface area contributed by atoms with Crippen molar-refractivity contribution in [1.29, 1.82) is 0 Å². The van der Waals surface area contributed by atoms with E-state index in [0.29, 0.717) is 0 Å². The lowest BCUT2D eigenvalue weighted by molar-refractivity contribution is -0.451. The van der Waals surface area contributed by atoms with E-state index in [-0.39, 0.29) is 0 Å². The van der Waals surface area contributed by atoms with Gasteiger partial charge in [-0.2, -0.15) is 70.2 Å². The maximum Gasteiger partial charge on any atom is 0.423 e. The fraction of sp³-hybridized carbons (Fsp3) is 0.818. The summed E-state index contributed by atoms with van der Waals surface area (Å²) in [7, 11) is 0. The largest absolute Gasteiger partial charge is 0.423 e. The zero-order valence-electron chi connectivity index (χ0n) is 12.7. The minimum absolute atomic E-state index is 1.25. The van der Waals surface area contributed by atoms with Crippen molar-refractivity contribution >= 4 is 0 Å². The van der Waals surface area contributed by atoms with Gasteiger partial charge in [0.15, 0.2) is 0 Å². The Balaban J connectivity index is 3.65. The molecule has 0 bridgehead atoms. The highest BCUT2D eigenvalue weighted by Crippen LogP contribution is 2.55. The molecule has 172 valence electrons. The van der Waals surface area contributed by atoms with E-state index in [0.717, 1.165) is 0 Å². The first-order valence-corrected chi connectivity index (χ1v) is 6.47. The van der Waals surface area contributed by atoms with Gasteiger partial charge in [-0.05, 0) is 12.2 Å². The molecule has 0 amide bonds. The molecule has 1 aliphatic rings. The molecule has 1 rings (SSSR count). The fourth-order valence-electron chi connectivity index (χ4n) is 1.90. The number of allylic oxidation sites excluding steroid dienone is 1. The van der Waals surface area contributed by atoms with E-state index < -0.39 is 66.7 Å². The van der Waals surface area contributed by atoms with Gasteiger partial charge in [0.25, 0.3) is 18.0 Å². The van der Waals surface area contributed by atoms with Crippen LogP contribution < -0.4 is 0 Å². The SMILES string of the molecule is FC(F)(F)C(OC1(OC(C(F)(F)F)C(F)(F)F)C=CC(F)(F)C1(F)F)C(F)(F)F. The number of hydrogen-bond donors (Lipinski definition) is 0. The first-order valence-electron chi connectivity index (χ1n) is 6.47. The predicted octanol–water partition coefficient (Wildman–Crippen LogP) is 5.54. The van der Waals surface area contributed by atoms with Crippen molar-refractivity contribution in [3.63, 3.8) is 0 Å². The third-order valence-electron chi connectivity index (χ3n) is 3.14. The average molecular weight is 472 g/mol. The molecule has 0 aliphatic heterocycles. The molecule has 29 heavy (non-hydrogen) atoms. The Labute approximate surface area is 148 Å². The van der Waals surface area contributed by atoms with E-state index in [1.54, 1.807) is 0 Å². The fourth-order valence-corrected chi connectivity index (χ4v) is 1.90. The highest BCUT2D eigenvalue weighted by atomic mass is 19.4. The van der Waals surface area contributed by atoms with Crippen LogP contribution >= 0.6 is 0 Å². The van der Waals surface area contributed by atoms with Crippen molar-refractivity contribution in [1.82, 2.24) is 0 Å². The predicted molar refractivity (Wildman–Crippen MR) is 55.7 cm³/mol. The standard InChI is InChI=1S/C11H4F16O2/c12-5(13)1-2-6(11(5,26)27,28-3(7(14,15)16)8(17,18)19)29-4(9(20,21)22)10(23,24)25/h1-4H. The molecule has 0 unspecified atom stereocenters. The van der Waals surface area contributed by atoms with Crippen molar-refractivity contribution < 1.29 is 79.7 Å². The first-order chi connectivity index (χ1) is 12.4. The average Bonchev–Trinajstić information content (AvgIpc) is 2.57. The summed E-state index contributed by atoms with van der Waals surface area (Å²) >= 11 is 0. The highest BCUT2D eigenvalue weighted by Gasteiger charge is 2.78. The normalized spacial score (nSPS) is 22.0. The summed E-state index contributed by atoms with van der Waals surface area (Å²) in [6, 6.07) is 0. The van der Waals surface area contributed by atoms with E-state index in [1.165, 1.54) is 0 Å². The van der Waals surface area contributed by atoms with Gasteiger partial charge in [-0.3, -0.25) is 0 Å². The van der Waals surface area contributed by atoms with Crippen LogP contribution in [0.4, 0.5) is 70.2 Å². The van der Waals surface area contributed by atoms with Gasteiger partial charge in [0.05, 0.1) is 0 Å². The molecule has 0 aromatic carbocycles. The Morgan fingerprint density at radius 1 is 0.517 bits per heavy atom. The quantitative estimate of drug-likeness (QED) is 0.304. The van der Waals surface area contributed by atoms with Crippen LogP contribution in [0.1, 0.15) is 0 Å². The molecule has 0 radical (unpaired) electrons. The van der Waals surface area contributed by atoms with E-state index in [4.69, 9.17) is 0 Å². The van der Waals surface area contributed by atoms with E-state index in [1.807, 2.05) is 0 Å². The summed E-state index contributed by atoms with van der Waals surface area (Å²) < 4.78 is 209. The Kier molecular flexibility index (Phi) is 5.98. The molecular weight excluding hydrogens is 468 g/mol. The van der Waals surface area contributed by atoms with Crippen LogP contribution in [0.2, 0.25) is 0 Å². The lowest BCUT2D eigenvalue weighted by atomic mass is 10.1. The summed E-state index contributed by atoms with van der Waals surface area (Å²) in [6.45, 7) is 0. The molecule has 0 fully saturated rings. The van der Waals surface area contributed by atoms with Crippen molar-refractivity contribution in [2.75, 3.05) is 0 Å². The highest BCUT2D eigenvalue weighted by molar-refractivity contribution is 5.25. The molecule has 0 aromatic rings. The second-order valence-electron chi connectivity index (χ2n) is 5.36. The Bertz CT molecular complexity index is 559. The molecule has 2 nitrogen and oxygen atoms in total. The van der Waals surface area contributed by atoms with Crippen LogP contribution in [0.3, 0.4) is 0 Å². The molecule has 0 N–H and O–H groups in total. The minimum atomic E-state index is -6.78. The molecule has 1 aliphatic carbocycles. The molecule has 0 heterocycles. The number of alkyl halides is 16. The van der Waals surface area contributed by atoms with Crippen molar-refractivity contribution in [2.45, 2.75) is 54.5 Å². The Morgan fingerprint density at radius 3 is 0.966 bits per heavy atom. The lowest BCUT2D eigenvalue weighted by Crippen LogP contribution is -2.64. The van der Waals surface area contributed by atoms with Gasteiger partial charge in [-0.25, -0.2) is 0 Å². The van der Waals surface area contributed by atoms with Crippen LogP contribution in [0.15, 0.2) is 12.2 Å². The van der Waals surface area contributed by atoms with Gasteiger partial charge in [0.2, 0.25) is 0 Å². The van der Waals surface area contributed by atoms with Crippen LogP contribution in [-0.4, -0.2) is 54.5 Å². The molecule has 18 heteroatoms. The van der Waals surface area contributed by atoms with Crippen molar-refractivity contribution in [3.8, 4) is 0 Å². The summed E-state index contributed by atoms with van der Waals surface area (Å²) in [6.07, 6.45) is -40.7. The van der Waals surface area contributed by atoms with Gasteiger partial charge in [-0.15, -0.1) is 0 Å². The van der Waals surface area contributed by atoms with Gasteiger partial charge in [0.1, 0.15) is 0 Å². The van der Waals surface area contributed by atoms with Crippen LogP contribution in [0.5, 0.6) is 0 Å². The Morgan fingerprint density at radius 2 is 0.793 bits per heavy atom. The zero-order valence-corrected chi connectivity index (χ0v) is 12.7. The second-order valence-corrected chi connectivity index (χ2v) is 5.36. The van der Waals surface area contributed by atoms with E-state index >= 15 is 0 Å². The smallest absolute Gasteiger partial charge is 0.319 e. The number of hydrogen-bond acceptors (Lipinski definition) is 2. The molecule has 0 aromatic heterocycles. The molecule has 0 saturated heterocycles. The van der Waals surface area contributed by atoms with Gasteiger partial charge >= 0.3 is 36.6 Å². The van der Waals surface area contributed by atoms with E-state index in [9.17, 15) is 70.2 Å². The Hall–Kier alpha value is -1.46. The van der Waals surface area contributed by atoms with Gasteiger partial charge < -0.3 is 9.47 Å². The maximum atomic E-state index is 13.8. The summed E-state index contributed by atoms with van der Waals surface area (Å²) in [5.41, 5.74) is 0. The summed E-state index contributed by atoms with van der Waals surface area (Å²) in [5, 5.41) is 0. The molecule has 0 spiro atoms. The van der Waals surface area contributed by atoms with E-state index in [2.05, 4.69) is 9.47 Å². The number of halogens is 16. The molecule has 0 saturated carbocycles. The van der Waals surface area contributed by atoms with Gasteiger partial charge in [0, 0.05) is 0 Å².